The molecule has 1 aliphatic heterocycles. The Hall–Kier alpha value is -0.120. The predicted molar refractivity (Wildman–Crippen MR) is 45.2 cm³/mol. The molecule has 3 atom stereocenters. The normalized spacial score (nSPS) is 39.5. The SMILES string of the molecule is CC1CC(N(C)C)CC(N)O1. The molecular weight excluding hydrogens is 140 g/mol. The molecule has 1 heterocycles. The van der Waals surface area contributed by atoms with Crippen molar-refractivity contribution in [3.63, 3.8) is 0 Å². The van der Waals surface area contributed by atoms with E-state index < -0.39 is 0 Å². The van der Waals surface area contributed by atoms with Crippen molar-refractivity contribution in [2.45, 2.75) is 38.1 Å². The fourth-order valence-electron chi connectivity index (χ4n) is 1.58. The lowest BCUT2D eigenvalue weighted by Crippen LogP contribution is -2.44. The van der Waals surface area contributed by atoms with Crippen LogP contribution in [0.5, 0.6) is 0 Å². The Morgan fingerprint density at radius 1 is 1.36 bits per heavy atom. The van der Waals surface area contributed by atoms with Crippen LogP contribution in [0.2, 0.25) is 0 Å². The van der Waals surface area contributed by atoms with Crippen molar-refractivity contribution in [2.75, 3.05) is 14.1 Å². The predicted octanol–water partition coefficient (Wildman–Crippen LogP) is 0.400. The molecule has 66 valence electrons. The zero-order valence-electron chi connectivity index (χ0n) is 7.58. The molecule has 0 bridgehead atoms. The maximum absolute atomic E-state index is 5.70. The highest BCUT2D eigenvalue weighted by molar-refractivity contribution is 4.77. The van der Waals surface area contributed by atoms with Crippen LogP contribution in [0.3, 0.4) is 0 Å². The lowest BCUT2D eigenvalue weighted by molar-refractivity contribution is -0.0636. The van der Waals surface area contributed by atoms with E-state index in [0.717, 1.165) is 12.8 Å². The van der Waals surface area contributed by atoms with Crippen LogP contribution >= 0.6 is 0 Å². The maximum atomic E-state index is 5.70. The topological polar surface area (TPSA) is 38.5 Å². The Bertz CT molecular complexity index is 117. The van der Waals surface area contributed by atoms with Gasteiger partial charge in [0.1, 0.15) is 6.23 Å². The summed E-state index contributed by atoms with van der Waals surface area (Å²) in [5.74, 6) is 0. The first kappa shape index (κ1) is 8.97. The first-order valence-electron chi connectivity index (χ1n) is 4.17. The Kier molecular flexibility index (Phi) is 2.87. The molecular formula is C8H18N2O. The smallest absolute Gasteiger partial charge is 0.107 e. The number of hydrogen-bond acceptors (Lipinski definition) is 3. The minimum absolute atomic E-state index is 0.0638. The summed E-state index contributed by atoms with van der Waals surface area (Å²) in [5, 5.41) is 0. The van der Waals surface area contributed by atoms with Crippen LogP contribution in [0.4, 0.5) is 0 Å². The van der Waals surface area contributed by atoms with Gasteiger partial charge in [0.2, 0.25) is 0 Å². The van der Waals surface area contributed by atoms with Gasteiger partial charge in [0, 0.05) is 12.5 Å². The number of nitrogens with zero attached hydrogens (tertiary/aromatic N) is 1. The summed E-state index contributed by atoms with van der Waals surface area (Å²) < 4.78 is 5.42. The zero-order chi connectivity index (χ0) is 8.43. The van der Waals surface area contributed by atoms with Crippen LogP contribution in [-0.2, 0) is 4.74 Å². The third kappa shape index (κ3) is 2.43. The molecule has 1 saturated heterocycles. The van der Waals surface area contributed by atoms with Crippen molar-refractivity contribution in [3.8, 4) is 0 Å². The van der Waals surface area contributed by atoms with E-state index in [0.29, 0.717) is 12.1 Å². The third-order valence-electron chi connectivity index (χ3n) is 2.25. The molecule has 3 nitrogen and oxygen atoms in total. The van der Waals surface area contributed by atoms with Crippen molar-refractivity contribution < 1.29 is 4.74 Å². The highest BCUT2D eigenvalue weighted by Crippen LogP contribution is 2.19. The number of hydrogen-bond donors (Lipinski definition) is 1. The molecule has 0 aliphatic carbocycles. The highest BCUT2D eigenvalue weighted by atomic mass is 16.5. The van der Waals surface area contributed by atoms with Crippen LogP contribution in [-0.4, -0.2) is 37.4 Å². The number of rotatable bonds is 1. The Labute approximate surface area is 68.5 Å². The Balaban J connectivity index is 2.43. The summed E-state index contributed by atoms with van der Waals surface area (Å²) in [6.07, 6.45) is 2.30. The molecule has 0 spiro atoms. The molecule has 0 amide bonds. The average Bonchev–Trinajstić information content (AvgIpc) is 1.85. The van der Waals surface area contributed by atoms with Crippen LogP contribution in [0, 0.1) is 0 Å². The van der Waals surface area contributed by atoms with Gasteiger partial charge in [0.05, 0.1) is 6.10 Å². The molecule has 1 rings (SSSR count). The summed E-state index contributed by atoms with van der Waals surface area (Å²) in [6, 6.07) is 0.591. The van der Waals surface area contributed by atoms with E-state index in [4.69, 9.17) is 10.5 Å². The number of nitrogens with two attached hydrogens (primary N) is 1. The second kappa shape index (κ2) is 3.52. The average molecular weight is 158 g/mol. The Morgan fingerprint density at radius 3 is 2.45 bits per heavy atom. The van der Waals surface area contributed by atoms with Gasteiger partial charge in [-0.05, 0) is 27.4 Å². The van der Waals surface area contributed by atoms with Crippen molar-refractivity contribution >= 4 is 0 Å². The summed E-state index contributed by atoms with van der Waals surface area (Å²) in [7, 11) is 4.19. The molecule has 3 unspecified atom stereocenters. The van der Waals surface area contributed by atoms with Crippen LogP contribution in [0.15, 0.2) is 0 Å². The largest absolute Gasteiger partial charge is 0.361 e. The van der Waals surface area contributed by atoms with E-state index in [9.17, 15) is 0 Å². The first-order valence-corrected chi connectivity index (χ1v) is 4.17. The van der Waals surface area contributed by atoms with Crippen molar-refractivity contribution in [3.05, 3.63) is 0 Å². The van der Waals surface area contributed by atoms with Gasteiger partial charge in [0.25, 0.3) is 0 Å². The van der Waals surface area contributed by atoms with Gasteiger partial charge in [-0.3, -0.25) is 0 Å². The molecule has 0 aromatic heterocycles. The maximum Gasteiger partial charge on any atom is 0.107 e. The van der Waals surface area contributed by atoms with E-state index in [-0.39, 0.29) is 6.23 Å². The second-order valence-corrected chi connectivity index (χ2v) is 3.57. The lowest BCUT2D eigenvalue weighted by Gasteiger charge is -2.35. The summed E-state index contributed by atoms with van der Waals surface area (Å²) in [4.78, 5) is 2.22. The molecule has 0 saturated carbocycles. The van der Waals surface area contributed by atoms with Crippen LogP contribution in [0.1, 0.15) is 19.8 Å². The first-order chi connectivity index (χ1) is 5.09. The van der Waals surface area contributed by atoms with E-state index in [1.165, 1.54) is 0 Å². The zero-order valence-corrected chi connectivity index (χ0v) is 7.58. The minimum atomic E-state index is -0.0638. The fraction of sp³-hybridized carbons (Fsp3) is 1.00. The fourth-order valence-corrected chi connectivity index (χ4v) is 1.58. The highest BCUT2D eigenvalue weighted by Gasteiger charge is 2.25. The third-order valence-corrected chi connectivity index (χ3v) is 2.25. The van der Waals surface area contributed by atoms with Crippen molar-refractivity contribution in [2.24, 2.45) is 5.73 Å². The van der Waals surface area contributed by atoms with E-state index in [2.05, 4.69) is 25.9 Å². The molecule has 3 heteroatoms. The van der Waals surface area contributed by atoms with Gasteiger partial charge in [-0.25, -0.2) is 0 Å². The molecule has 1 fully saturated rings. The van der Waals surface area contributed by atoms with E-state index in [1.54, 1.807) is 0 Å². The van der Waals surface area contributed by atoms with Crippen molar-refractivity contribution in [1.29, 1.82) is 0 Å². The standard InChI is InChI=1S/C8H18N2O/c1-6-4-7(10(2)3)5-8(9)11-6/h6-8H,4-5,9H2,1-3H3. The van der Waals surface area contributed by atoms with Gasteiger partial charge in [-0.15, -0.1) is 0 Å². The molecule has 2 N–H and O–H groups in total. The lowest BCUT2D eigenvalue weighted by atomic mass is 10.0. The summed E-state index contributed by atoms with van der Waals surface area (Å²) >= 11 is 0. The van der Waals surface area contributed by atoms with Gasteiger partial charge in [-0.1, -0.05) is 0 Å². The Morgan fingerprint density at radius 2 is 2.00 bits per heavy atom. The molecule has 0 aromatic rings. The molecule has 1 aliphatic rings. The monoisotopic (exact) mass is 158 g/mol. The van der Waals surface area contributed by atoms with Gasteiger partial charge < -0.3 is 15.4 Å². The second-order valence-electron chi connectivity index (χ2n) is 3.57. The van der Waals surface area contributed by atoms with Crippen LogP contribution in [0.25, 0.3) is 0 Å². The number of ether oxygens (including phenoxy) is 1. The van der Waals surface area contributed by atoms with Crippen molar-refractivity contribution in [1.82, 2.24) is 4.90 Å². The summed E-state index contributed by atoms with van der Waals surface area (Å²) in [6.45, 7) is 2.08. The molecule has 0 radical (unpaired) electrons. The molecule has 11 heavy (non-hydrogen) atoms. The van der Waals surface area contributed by atoms with E-state index in [1.807, 2.05) is 0 Å². The van der Waals surface area contributed by atoms with E-state index >= 15 is 0 Å². The minimum Gasteiger partial charge on any atom is -0.361 e. The van der Waals surface area contributed by atoms with Gasteiger partial charge in [-0.2, -0.15) is 0 Å². The quantitative estimate of drug-likeness (QED) is 0.600. The summed E-state index contributed by atoms with van der Waals surface area (Å²) in [5.41, 5.74) is 5.70. The molecule has 0 aromatic carbocycles. The van der Waals surface area contributed by atoms with Gasteiger partial charge >= 0.3 is 0 Å². The van der Waals surface area contributed by atoms with Gasteiger partial charge in [0.15, 0.2) is 0 Å². The van der Waals surface area contributed by atoms with Crippen LogP contribution < -0.4 is 5.73 Å².